The first-order valence-electron chi connectivity index (χ1n) is 6.67. The Bertz CT molecular complexity index is 761. The molecule has 0 heterocycles. The van der Waals surface area contributed by atoms with E-state index in [2.05, 4.69) is 5.32 Å². The van der Waals surface area contributed by atoms with Gasteiger partial charge in [-0.2, -0.15) is 0 Å². The number of ether oxygens (including phenoxy) is 1. The number of hydrogen-bond donors (Lipinski definition) is 2. The second-order valence-electron chi connectivity index (χ2n) is 4.62. The topological polar surface area (TPSA) is 58.6 Å². The number of carbonyl (C=O) groups excluding carboxylic acids is 1. The van der Waals surface area contributed by atoms with Crippen LogP contribution >= 0.6 is 12.2 Å². The van der Waals surface area contributed by atoms with Gasteiger partial charge in [-0.1, -0.05) is 16.5 Å². The van der Waals surface area contributed by atoms with E-state index in [1.807, 2.05) is 0 Å². The fraction of sp³-hybridized carbons (Fsp3) is 0.0588. The number of aromatic hydroxyl groups is 1. The van der Waals surface area contributed by atoms with Gasteiger partial charge in [-0.15, -0.1) is 0 Å². The van der Waals surface area contributed by atoms with Gasteiger partial charge in [-0.3, -0.25) is 4.79 Å². The van der Waals surface area contributed by atoms with Crippen molar-refractivity contribution < 1.29 is 66.0 Å². The number of hydrogen-bond acceptors (Lipinski definition) is 5. The van der Waals surface area contributed by atoms with Crippen molar-refractivity contribution in [2.45, 2.75) is 0 Å². The Morgan fingerprint density at radius 1 is 1.25 bits per heavy atom. The first-order chi connectivity index (χ1) is 11.0. The normalized spacial score (nSPS) is 10.0. The third-order valence-electron chi connectivity index (χ3n) is 3.05. The van der Waals surface area contributed by atoms with Crippen LogP contribution < -0.4 is 61.4 Å². The molecule has 0 saturated carbocycles. The van der Waals surface area contributed by atoms with Gasteiger partial charge in [0.2, 0.25) is 0 Å². The van der Waals surface area contributed by atoms with Crippen molar-refractivity contribution in [1.82, 2.24) is 0 Å². The Morgan fingerprint density at radius 2 is 1.92 bits per heavy atom. The second kappa shape index (κ2) is 10.2. The molecule has 24 heavy (non-hydrogen) atoms. The van der Waals surface area contributed by atoms with E-state index in [0.29, 0.717) is 11.3 Å². The first kappa shape index (κ1) is 21.2. The number of methoxy groups -OCH3 is 1. The number of nitrogens with one attached hydrogen (secondary N) is 1. The summed E-state index contributed by atoms with van der Waals surface area (Å²) in [5.74, 6) is 0.276. The molecule has 0 radical (unpaired) electrons. The number of ketones is 1. The van der Waals surface area contributed by atoms with Gasteiger partial charge in [0, 0.05) is 11.3 Å². The standard InChI is InChI=1S/C17H15NO3S2.K/c1-21-16-10-11(3-9-15(16)20)2-8-14(19)12-4-6-13(7-5-12)18-17(22)23;/h2-10,20H,1H3,(H2,18,22,23);/q;+1/p-1/b8-2+;. The molecule has 2 N–H and O–H groups in total. The molecule has 118 valence electrons. The fourth-order valence-corrected chi connectivity index (χ4v) is 2.14. The van der Waals surface area contributed by atoms with Crippen molar-refractivity contribution in [2.75, 3.05) is 12.4 Å². The van der Waals surface area contributed by atoms with E-state index in [9.17, 15) is 9.90 Å². The number of benzene rings is 2. The van der Waals surface area contributed by atoms with E-state index in [4.69, 9.17) is 29.6 Å². The van der Waals surface area contributed by atoms with Crippen LogP contribution in [0.25, 0.3) is 6.08 Å². The van der Waals surface area contributed by atoms with Crippen molar-refractivity contribution in [2.24, 2.45) is 0 Å². The molecule has 0 unspecified atom stereocenters. The number of allylic oxidation sites excluding steroid dienone is 1. The summed E-state index contributed by atoms with van der Waals surface area (Å²) in [6, 6.07) is 11.7. The van der Waals surface area contributed by atoms with Gasteiger partial charge in [-0.25, -0.2) is 0 Å². The minimum atomic E-state index is -0.135. The van der Waals surface area contributed by atoms with Gasteiger partial charge < -0.3 is 40.0 Å². The second-order valence-corrected chi connectivity index (χ2v) is 5.69. The smallest absolute Gasteiger partial charge is 0.504 e. The van der Waals surface area contributed by atoms with Gasteiger partial charge >= 0.3 is 51.4 Å². The molecule has 0 aliphatic carbocycles. The Hall–Kier alpha value is -0.804. The van der Waals surface area contributed by atoms with Gasteiger partial charge in [0.05, 0.1) is 7.11 Å². The van der Waals surface area contributed by atoms with E-state index < -0.39 is 0 Å². The number of rotatable bonds is 5. The summed E-state index contributed by atoms with van der Waals surface area (Å²) in [5.41, 5.74) is 2.05. The van der Waals surface area contributed by atoms with E-state index >= 15 is 0 Å². The quantitative estimate of drug-likeness (QED) is 0.259. The molecule has 0 saturated heterocycles. The molecule has 2 aromatic rings. The van der Waals surface area contributed by atoms with Crippen LogP contribution in [-0.4, -0.2) is 22.3 Å². The van der Waals surface area contributed by atoms with Crippen molar-refractivity contribution >= 4 is 46.7 Å². The Balaban J connectivity index is 0.00000288. The largest absolute Gasteiger partial charge is 1.00 e. The zero-order chi connectivity index (χ0) is 16.8. The van der Waals surface area contributed by atoms with E-state index in [1.54, 1.807) is 42.5 Å². The van der Waals surface area contributed by atoms with Gasteiger partial charge in [0.25, 0.3) is 0 Å². The third kappa shape index (κ3) is 6.25. The summed E-state index contributed by atoms with van der Waals surface area (Å²) in [7, 11) is 1.47. The molecule has 7 heteroatoms. The first-order valence-corrected chi connectivity index (χ1v) is 7.48. The minimum absolute atomic E-state index is 0. The molecule has 0 aromatic heterocycles. The Kier molecular flexibility index (Phi) is 9.07. The van der Waals surface area contributed by atoms with E-state index in [1.165, 1.54) is 19.3 Å². The summed E-state index contributed by atoms with van der Waals surface area (Å²) in [6.45, 7) is 0. The molecule has 0 spiro atoms. The third-order valence-corrected chi connectivity index (χ3v) is 3.25. The molecule has 0 bridgehead atoms. The average Bonchev–Trinajstić information content (AvgIpc) is 2.54. The molecule has 0 aliphatic rings. The number of phenols is 1. The Morgan fingerprint density at radius 3 is 2.50 bits per heavy atom. The van der Waals surface area contributed by atoms with Gasteiger partial charge in [0.15, 0.2) is 17.3 Å². The van der Waals surface area contributed by atoms with Crippen LogP contribution in [0.2, 0.25) is 0 Å². The van der Waals surface area contributed by atoms with Gasteiger partial charge in [-0.05, 0) is 48.0 Å². The van der Waals surface area contributed by atoms with Crippen molar-refractivity contribution in [3.8, 4) is 11.5 Å². The number of thiocarbonyl (C=S) groups is 1. The van der Waals surface area contributed by atoms with Crippen molar-refractivity contribution in [3.05, 3.63) is 59.7 Å². The SMILES string of the molecule is COc1cc(/C=C/C(=O)c2ccc(NC(=S)[S-])cc2)ccc1O.[K+]. The van der Waals surface area contributed by atoms with Crippen LogP contribution in [0.1, 0.15) is 15.9 Å². The van der Waals surface area contributed by atoms with Crippen LogP contribution in [-0.2, 0) is 12.6 Å². The number of anilines is 1. The maximum absolute atomic E-state index is 12.1. The van der Waals surface area contributed by atoms with Crippen molar-refractivity contribution in [1.29, 1.82) is 0 Å². The molecule has 0 fully saturated rings. The number of carbonyl (C=O) groups is 1. The predicted molar refractivity (Wildman–Crippen MR) is 98.1 cm³/mol. The summed E-state index contributed by atoms with van der Waals surface area (Å²) >= 11 is 9.57. The molecule has 4 nitrogen and oxygen atoms in total. The fourth-order valence-electron chi connectivity index (χ4n) is 1.90. The number of phenolic OH excluding ortho intramolecular Hbond substituents is 1. The van der Waals surface area contributed by atoms with E-state index in [-0.39, 0.29) is 67.2 Å². The van der Waals surface area contributed by atoms with E-state index in [0.717, 1.165) is 11.3 Å². The zero-order valence-corrected chi connectivity index (χ0v) is 18.0. The molecular formula is C17H14KNO3S2. The molecule has 0 aliphatic heterocycles. The van der Waals surface area contributed by atoms with Crippen LogP contribution in [0, 0.1) is 0 Å². The van der Waals surface area contributed by atoms with Gasteiger partial charge in [0.1, 0.15) is 0 Å². The molecule has 0 atom stereocenters. The van der Waals surface area contributed by atoms with Crippen LogP contribution in [0.15, 0.2) is 48.5 Å². The maximum atomic E-state index is 12.1. The average molecular weight is 384 g/mol. The molecule has 2 aromatic carbocycles. The molecular weight excluding hydrogens is 369 g/mol. The predicted octanol–water partition coefficient (Wildman–Crippen LogP) is 0.545. The van der Waals surface area contributed by atoms with Crippen molar-refractivity contribution in [3.63, 3.8) is 0 Å². The van der Waals surface area contributed by atoms with Crippen LogP contribution in [0.4, 0.5) is 5.69 Å². The van der Waals surface area contributed by atoms with Crippen LogP contribution in [0.5, 0.6) is 11.5 Å². The summed E-state index contributed by atoms with van der Waals surface area (Å²) in [6.07, 6.45) is 3.13. The molecule has 2 rings (SSSR count). The minimum Gasteiger partial charge on any atom is -0.504 e. The molecule has 0 amide bonds. The zero-order valence-electron chi connectivity index (χ0n) is 13.3. The Labute approximate surface area is 194 Å². The maximum Gasteiger partial charge on any atom is 1.00 e. The summed E-state index contributed by atoms with van der Waals surface area (Å²) < 4.78 is 5.28. The summed E-state index contributed by atoms with van der Waals surface area (Å²) in [5, 5.41) is 12.4. The summed E-state index contributed by atoms with van der Waals surface area (Å²) in [4.78, 5) is 12.1. The van der Waals surface area contributed by atoms with Crippen LogP contribution in [0.3, 0.4) is 0 Å². The monoisotopic (exact) mass is 383 g/mol.